The first-order valence-corrected chi connectivity index (χ1v) is 10.3. The van der Waals surface area contributed by atoms with E-state index in [1.165, 1.54) is 4.88 Å². The van der Waals surface area contributed by atoms with Gasteiger partial charge >= 0.3 is 0 Å². The molecule has 2 amide bonds. The number of hydrogen-bond acceptors (Lipinski definition) is 4. The lowest BCUT2D eigenvalue weighted by Gasteiger charge is -2.26. The van der Waals surface area contributed by atoms with E-state index in [-0.39, 0.29) is 17.7 Å². The smallest absolute Gasteiger partial charge is 0.264 e. The molecule has 5 nitrogen and oxygen atoms in total. The third-order valence-electron chi connectivity index (χ3n) is 5.07. The van der Waals surface area contributed by atoms with Crippen LogP contribution in [-0.2, 0) is 22.4 Å². The van der Waals surface area contributed by atoms with Gasteiger partial charge < -0.3 is 15.0 Å². The molecule has 27 heavy (non-hydrogen) atoms. The number of ether oxygens (including phenoxy) is 1. The number of rotatable bonds is 3. The molecule has 0 unspecified atom stereocenters. The molecule has 0 radical (unpaired) electrons. The number of nitrogens with zero attached hydrogens (tertiary/aromatic N) is 1. The first kappa shape index (κ1) is 18.5. The number of nitrogens with one attached hydrogen (secondary N) is 1. The van der Waals surface area contributed by atoms with Crippen molar-refractivity contribution in [1.82, 2.24) is 4.90 Å². The summed E-state index contributed by atoms with van der Waals surface area (Å²) in [6.07, 6.45) is 2.33. The van der Waals surface area contributed by atoms with Gasteiger partial charge in [-0.3, -0.25) is 9.59 Å². The van der Waals surface area contributed by atoms with Crippen LogP contribution in [0, 0.1) is 5.92 Å². The van der Waals surface area contributed by atoms with E-state index >= 15 is 0 Å². The lowest BCUT2D eigenvalue weighted by molar-refractivity contribution is -0.120. The number of benzene rings is 1. The summed E-state index contributed by atoms with van der Waals surface area (Å²) in [6, 6.07) is 9.12. The molecule has 1 saturated heterocycles. The van der Waals surface area contributed by atoms with Crippen LogP contribution in [0.25, 0.3) is 0 Å². The fourth-order valence-corrected chi connectivity index (χ4v) is 4.85. The highest BCUT2D eigenvalue weighted by molar-refractivity contribution is 7.14. The van der Waals surface area contributed by atoms with Crippen LogP contribution in [0.2, 0.25) is 5.02 Å². The summed E-state index contributed by atoms with van der Waals surface area (Å²) in [5.74, 6) is 0.0317. The van der Waals surface area contributed by atoms with Crippen molar-refractivity contribution in [3.63, 3.8) is 0 Å². The van der Waals surface area contributed by atoms with Crippen LogP contribution in [0.3, 0.4) is 0 Å². The van der Waals surface area contributed by atoms with Crippen molar-refractivity contribution in [2.75, 3.05) is 31.6 Å². The molecular formula is C20H21ClN2O3S. The second-order valence-electron chi connectivity index (χ2n) is 6.90. The van der Waals surface area contributed by atoms with Crippen molar-refractivity contribution < 1.29 is 14.3 Å². The van der Waals surface area contributed by atoms with E-state index < -0.39 is 0 Å². The van der Waals surface area contributed by atoms with Gasteiger partial charge in [-0.15, -0.1) is 11.3 Å². The van der Waals surface area contributed by atoms with Crippen LogP contribution in [-0.4, -0.2) is 43.0 Å². The van der Waals surface area contributed by atoms with Crippen LogP contribution < -0.4 is 5.32 Å². The molecule has 1 aliphatic carbocycles. The Morgan fingerprint density at radius 3 is 2.67 bits per heavy atom. The minimum Gasteiger partial charge on any atom is -0.378 e. The number of hydrogen-bond donors (Lipinski definition) is 1. The van der Waals surface area contributed by atoms with E-state index in [2.05, 4.69) is 5.32 Å². The maximum Gasteiger partial charge on any atom is 0.264 e. The van der Waals surface area contributed by atoms with Gasteiger partial charge in [-0.05, 0) is 55.2 Å². The number of anilines is 1. The number of thiophene rings is 1. The number of aryl methyl sites for hydroxylation is 1. The molecule has 142 valence electrons. The van der Waals surface area contributed by atoms with Crippen molar-refractivity contribution in [1.29, 1.82) is 0 Å². The van der Waals surface area contributed by atoms with Gasteiger partial charge in [0.1, 0.15) is 0 Å². The third-order valence-corrected chi connectivity index (χ3v) is 6.55. The van der Waals surface area contributed by atoms with Gasteiger partial charge in [0.05, 0.1) is 18.1 Å². The van der Waals surface area contributed by atoms with Crippen molar-refractivity contribution in [2.24, 2.45) is 5.92 Å². The number of fused-ring (bicyclic) bond motifs is 1. The third kappa shape index (κ3) is 4.18. The monoisotopic (exact) mass is 404 g/mol. The number of carbonyl (C=O) groups is 2. The predicted molar refractivity (Wildman–Crippen MR) is 107 cm³/mol. The maximum atomic E-state index is 12.7. The molecule has 2 aliphatic rings. The minimum atomic E-state index is -0.0749. The van der Waals surface area contributed by atoms with E-state index in [0.717, 1.165) is 29.0 Å². The molecule has 1 atom stereocenters. The quantitative estimate of drug-likeness (QED) is 0.850. The highest BCUT2D eigenvalue weighted by Gasteiger charge is 2.29. The van der Waals surface area contributed by atoms with Crippen molar-refractivity contribution in [2.45, 2.75) is 19.3 Å². The molecule has 1 aliphatic heterocycles. The highest BCUT2D eigenvalue weighted by Crippen LogP contribution is 2.33. The summed E-state index contributed by atoms with van der Waals surface area (Å²) in [6.45, 7) is 2.49. The second-order valence-corrected chi connectivity index (χ2v) is 8.47. The Hall–Kier alpha value is -1.89. The molecule has 1 N–H and O–H groups in total. The summed E-state index contributed by atoms with van der Waals surface area (Å²) < 4.78 is 5.32. The molecule has 2 aromatic rings. The molecule has 1 aromatic heterocycles. The Kier molecular flexibility index (Phi) is 5.48. The number of halogens is 1. The van der Waals surface area contributed by atoms with Gasteiger partial charge in [-0.25, -0.2) is 0 Å². The molecule has 4 rings (SSSR count). The zero-order chi connectivity index (χ0) is 18.8. The summed E-state index contributed by atoms with van der Waals surface area (Å²) in [5, 5.41) is 3.61. The highest BCUT2D eigenvalue weighted by atomic mass is 35.5. The normalized spacial score (nSPS) is 19.4. The standard InChI is InChI=1S/C20H21ClN2O3S/c21-15-2-4-16(5-3-15)22-19(24)13-1-6-17-14(11-13)12-18(27-17)20(25)23-7-9-26-10-8-23/h2-5,12-13H,1,6-11H2,(H,22,24)/t13-/m0/s1. The zero-order valence-corrected chi connectivity index (χ0v) is 16.4. The average Bonchev–Trinajstić information content (AvgIpc) is 3.13. The molecule has 0 saturated carbocycles. The average molecular weight is 405 g/mol. The van der Waals surface area contributed by atoms with Gasteiger partial charge in [-0.1, -0.05) is 11.6 Å². The lowest BCUT2D eigenvalue weighted by atomic mass is 9.87. The van der Waals surface area contributed by atoms with Gasteiger partial charge in [0.25, 0.3) is 5.91 Å². The zero-order valence-electron chi connectivity index (χ0n) is 14.9. The van der Waals surface area contributed by atoms with Gasteiger partial charge in [0, 0.05) is 34.6 Å². The van der Waals surface area contributed by atoms with Crippen LogP contribution in [0.1, 0.15) is 26.5 Å². The number of amides is 2. The first-order valence-electron chi connectivity index (χ1n) is 9.15. The van der Waals surface area contributed by atoms with Crippen molar-refractivity contribution in [3.8, 4) is 0 Å². The van der Waals surface area contributed by atoms with Gasteiger partial charge in [0.2, 0.25) is 5.91 Å². The van der Waals surface area contributed by atoms with E-state index in [1.807, 2.05) is 11.0 Å². The van der Waals surface area contributed by atoms with Crippen LogP contribution in [0.4, 0.5) is 5.69 Å². The Balaban J connectivity index is 1.42. The Bertz CT molecular complexity index is 843. The Morgan fingerprint density at radius 1 is 1.19 bits per heavy atom. The van der Waals surface area contributed by atoms with E-state index in [0.29, 0.717) is 37.7 Å². The predicted octanol–water partition coefficient (Wildman–Crippen LogP) is 3.62. The number of carbonyl (C=O) groups excluding carboxylic acids is 2. The molecule has 0 spiro atoms. The van der Waals surface area contributed by atoms with Crippen molar-refractivity contribution in [3.05, 3.63) is 50.7 Å². The van der Waals surface area contributed by atoms with Crippen molar-refractivity contribution >= 4 is 40.4 Å². The van der Waals surface area contributed by atoms with Crippen LogP contribution in [0.15, 0.2) is 30.3 Å². The SMILES string of the molecule is O=C(Nc1ccc(Cl)cc1)[C@H]1CCc2sc(C(=O)N3CCOCC3)cc2C1. The van der Waals surface area contributed by atoms with Crippen LogP contribution in [0.5, 0.6) is 0 Å². The molecule has 2 heterocycles. The second kappa shape index (κ2) is 8.00. The van der Waals surface area contributed by atoms with E-state index in [9.17, 15) is 9.59 Å². The molecule has 0 bridgehead atoms. The molecule has 1 fully saturated rings. The van der Waals surface area contributed by atoms with Gasteiger partial charge in [0.15, 0.2) is 0 Å². The lowest BCUT2D eigenvalue weighted by Crippen LogP contribution is -2.40. The summed E-state index contributed by atoms with van der Waals surface area (Å²) >= 11 is 7.47. The fraction of sp³-hybridized carbons (Fsp3) is 0.400. The Labute approximate surface area is 167 Å². The molecule has 1 aromatic carbocycles. The summed E-state index contributed by atoms with van der Waals surface area (Å²) in [4.78, 5) is 29.2. The summed E-state index contributed by atoms with van der Waals surface area (Å²) in [5.41, 5.74) is 1.89. The van der Waals surface area contributed by atoms with E-state index in [1.54, 1.807) is 35.6 Å². The van der Waals surface area contributed by atoms with Crippen LogP contribution >= 0.6 is 22.9 Å². The molecule has 7 heteroatoms. The van der Waals surface area contributed by atoms with E-state index in [4.69, 9.17) is 16.3 Å². The number of morpholine rings is 1. The van der Waals surface area contributed by atoms with Gasteiger partial charge in [-0.2, -0.15) is 0 Å². The summed E-state index contributed by atoms with van der Waals surface area (Å²) in [7, 11) is 0. The molecular weight excluding hydrogens is 384 g/mol. The minimum absolute atomic E-state index is 0.0234. The maximum absolute atomic E-state index is 12.7. The largest absolute Gasteiger partial charge is 0.378 e. The topological polar surface area (TPSA) is 58.6 Å². The first-order chi connectivity index (χ1) is 13.1. The fourth-order valence-electron chi connectivity index (χ4n) is 3.55. The Morgan fingerprint density at radius 2 is 1.93 bits per heavy atom.